The van der Waals surface area contributed by atoms with Crippen molar-refractivity contribution < 1.29 is 9.47 Å². The highest BCUT2D eigenvalue weighted by molar-refractivity contribution is 5.21. The van der Waals surface area contributed by atoms with E-state index in [-0.39, 0.29) is 12.2 Å². The first-order valence-electron chi connectivity index (χ1n) is 6.26. The maximum Gasteiger partial charge on any atom is 0.148 e. The van der Waals surface area contributed by atoms with E-state index < -0.39 is 0 Å². The molecule has 0 radical (unpaired) electrons. The molecule has 0 amide bonds. The van der Waals surface area contributed by atoms with Gasteiger partial charge in [-0.05, 0) is 11.1 Å². The van der Waals surface area contributed by atoms with Crippen LogP contribution in [0, 0.1) is 0 Å². The Morgan fingerprint density at radius 2 is 1.11 bits per heavy atom. The molecule has 2 nitrogen and oxygen atoms in total. The lowest BCUT2D eigenvalue weighted by Crippen LogP contribution is -2.21. The fourth-order valence-corrected chi connectivity index (χ4v) is 2.33. The van der Waals surface area contributed by atoms with Crippen LogP contribution in [-0.4, -0.2) is 6.79 Å². The third-order valence-electron chi connectivity index (χ3n) is 3.31. The highest BCUT2D eigenvalue weighted by Gasteiger charge is 2.25. The SMILES string of the molecule is c1ccc([C@H]2C[C@H](c3ccccc3)OCO2)cc1. The van der Waals surface area contributed by atoms with Crippen LogP contribution in [0.5, 0.6) is 0 Å². The normalized spacial score (nSPS) is 23.8. The van der Waals surface area contributed by atoms with Gasteiger partial charge in [-0.2, -0.15) is 0 Å². The minimum Gasteiger partial charge on any atom is -0.347 e. The third-order valence-corrected chi connectivity index (χ3v) is 3.31. The van der Waals surface area contributed by atoms with Crippen LogP contribution in [0.2, 0.25) is 0 Å². The van der Waals surface area contributed by atoms with Gasteiger partial charge in [0.25, 0.3) is 0 Å². The fraction of sp³-hybridized carbons (Fsp3) is 0.250. The molecule has 1 saturated heterocycles. The van der Waals surface area contributed by atoms with Crippen LogP contribution in [-0.2, 0) is 9.47 Å². The standard InChI is InChI=1S/C16H16O2/c1-3-7-13(8-4-1)15-11-16(18-12-17-15)14-9-5-2-6-10-14/h1-10,15-16H,11-12H2/t15-,16-/m1/s1. The van der Waals surface area contributed by atoms with Crippen molar-refractivity contribution in [2.24, 2.45) is 0 Å². The summed E-state index contributed by atoms with van der Waals surface area (Å²) in [7, 11) is 0. The summed E-state index contributed by atoms with van der Waals surface area (Å²) in [5, 5.41) is 0. The van der Waals surface area contributed by atoms with E-state index in [2.05, 4.69) is 24.3 Å². The lowest BCUT2D eigenvalue weighted by molar-refractivity contribution is -0.179. The Bertz CT molecular complexity index is 435. The quantitative estimate of drug-likeness (QED) is 0.793. The predicted octanol–water partition coefficient (Wildman–Crippen LogP) is 3.86. The summed E-state index contributed by atoms with van der Waals surface area (Å²) < 4.78 is 11.4. The van der Waals surface area contributed by atoms with E-state index in [9.17, 15) is 0 Å². The van der Waals surface area contributed by atoms with Gasteiger partial charge >= 0.3 is 0 Å². The molecule has 0 aromatic heterocycles. The van der Waals surface area contributed by atoms with Crippen molar-refractivity contribution in [1.29, 1.82) is 0 Å². The Morgan fingerprint density at radius 1 is 0.667 bits per heavy atom. The maximum absolute atomic E-state index is 5.69. The molecule has 1 aliphatic heterocycles. The molecule has 92 valence electrons. The topological polar surface area (TPSA) is 18.5 Å². The molecule has 1 heterocycles. The first-order valence-corrected chi connectivity index (χ1v) is 6.26. The largest absolute Gasteiger partial charge is 0.347 e. The molecule has 3 rings (SSSR count). The van der Waals surface area contributed by atoms with Gasteiger partial charge in [0.1, 0.15) is 6.79 Å². The average Bonchev–Trinajstić information content (AvgIpc) is 2.49. The summed E-state index contributed by atoms with van der Waals surface area (Å²) in [6.07, 6.45) is 1.13. The monoisotopic (exact) mass is 240 g/mol. The van der Waals surface area contributed by atoms with Crippen LogP contribution < -0.4 is 0 Å². The highest BCUT2D eigenvalue weighted by atomic mass is 16.7. The second-order valence-corrected chi connectivity index (χ2v) is 4.49. The molecule has 0 bridgehead atoms. The molecule has 1 fully saturated rings. The van der Waals surface area contributed by atoms with Crippen LogP contribution in [0.3, 0.4) is 0 Å². The summed E-state index contributed by atoms with van der Waals surface area (Å²) in [6, 6.07) is 20.7. The van der Waals surface area contributed by atoms with Gasteiger partial charge in [0.05, 0.1) is 12.2 Å². The Morgan fingerprint density at radius 3 is 1.56 bits per heavy atom. The fourth-order valence-electron chi connectivity index (χ4n) is 2.33. The summed E-state index contributed by atoms with van der Waals surface area (Å²) in [6.45, 7) is 0.360. The van der Waals surface area contributed by atoms with Crippen LogP contribution >= 0.6 is 0 Å². The Balaban J connectivity index is 1.77. The van der Waals surface area contributed by atoms with Crippen LogP contribution in [0.25, 0.3) is 0 Å². The van der Waals surface area contributed by atoms with E-state index in [0.717, 1.165) is 6.42 Å². The van der Waals surface area contributed by atoms with E-state index in [1.54, 1.807) is 0 Å². The molecule has 2 aromatic carbocycles. The minimum absolute atomic E-state index is 0.130. The van der Waals surface area contributed by atoms with Crippen molar-refractivity contribution in [1.82, 2.24) is 0 Å². The molecule has 0 spiro atoms. The zero-order valence-corrected chi connectivity index (χ0v) is 10.2. The van der Waals surface area contributed by atoms with Gasteiger partial charge in [0.2, 0.25) is 0 Å². The average molecular weight is 240 g/mol. The second kappa shape index (κ2) is 5.34. The first kappa shape index (κ1) is 11.5. The van der Waals surface area contributed by atoms with Gasteiger partial charge in [-0.3, -0.25) is 0 Å². The van der Waals surface area contributed by atoms with Gasteiger partial charge in [-0.1, -0.05) is 60.7 Å². The van der Waals surface area contributed by atoms with E-state index in [0.29, 0.717) is 6.79 Å². The van der Waals surface area contributed by atoms with Crippen molar-refractivity contribution in [3.05, 3.63) is 71.8 Å². The first-order chi connectivity index (χ1) is 8.93. The molecular formula is C16H16O2. The highest BCUT2D eigenvalue weighted by Crippen LogP contribution is 2.35. The lowest BCUT2D eigenvalue weighted by atomic mass is 9.98. The zero-order valence-electron chi connectivity index (χ0n) is 10.2. The summed E-state index contributed by atoms with van der Waals surface area (Å²) in [5.74, 6) is 0. The van der Waals surface area contributed by atoms with Gasteiger partial charge in [-0.25, -0.2) is 0 Å². The predicted molar refractivity (Wildman–Crippen MR) is 70.0 cm³/mol. The molecule has 18 heavy (non-hydrogen) atoms. The Hall–Kier alpha value is -1.64. The smallest absolute Gasteiger partial charge is 0.148 e. The molecule has 0 unspecified atom stereocenters. The van der Waals surface area contributed by atoms with Crippen molar-refractivity contribution in [3.8, 4) is 0 Å². The van der Waals surface area contributed by atoms with Crippen molar-refractivity contribution in [2.45, 2.75) is 18.6 Å². The second-order valence-electron chi connectivity index (χ2n) is 4.49. The van der Waals surface area contributed by atoms with Gasteiger partial charge < -0.3 is 9.47 Å². The molecule has 0 N–H and O–H groups in total. The number of hydrogen-bond acceptors (Lipinski definition) is 2. The zero-order chi connectivity index (χ0) is 12.2. The minimum atomic E-state index is 0.130. The van der Waals surface area contributed by atoms with E-state index in [4.69, 9.17) is 9.47 Å². The van der Waals surface area contributed by atoms with Crippen molar-refractivity contribution >= 4 is 0 Å². The molecule has 1 aliphatic rings. The molecule has 2 atom stereocenters. The number of rotatable bonds is 2. The summed E-state index contributed by atoms with van der Waals surface area (Å²) in [5.41, 5.74) is 2.45. The van der Waals surface area contributed by atoms with Gasteiger partial charge in [-0.15, -0.1) is 0 Å². The Kier molecular flexibility index (Phi) is 3.40. The summed E-state index contributed by atoms with van der Waals surface area (Å²) >= 11 is 0. The molecule has 0 aliphatic carbocycles. The summed E-state index contributed by atoms with van der Waals surface area (Å²) in [4.78, 5) is 0. The molecular weight excluding hydrogens is 224 g/mol. The third kappa shape index (κ3) is 2.45. The number of ether oxygens (including phenoxy) is 2. The number of benzene rings is 2. The van der Waals surface area contributed by atoms with Crippen LogP contribution in [0.1, 0.15) is 29.8 Å². The van der Waals surface area contributed by atoms with Crippen molar-refractivity contribution in [2.75, 3.05) is 6.79 Å². The van der Waals surface area contributed by atoms with Crippen LogP contribution in [0.15, 0.2) is 60.7 Å². The van der Waals surface area contributed by atoms with E-state index >= 15 is 0 Å². The number of hydrogen-bond donors (Lipinski definition) is 0. The van der Waals surface area contributed by atoms with Gasteiger partial charge in [0.15, 0.2) is 0 Å². The Labute approximate surface area is 107 Å². The molecule has 2 heteroatoms. The maximum atomic E-state index is 5.69. The lowest BCUT2D eigenvalue weighted by Gasteiger charge is -2.30. The van der Waals surface area contributed by atoms with Gasteiger partial charge in [0, 0.05) is 6.42 Å². The molecule has 2 aromatic rings. The van der Waals surface area contributed by atoms with Crippen LogP contribution in [0.4, 0.5) is 0 Å². The molecule has 0 saturated carbocycles. The van der Waals surface area contributed by atoms with E-state index in [1.807, 2.05) is 36.4 Å². The van der Waals surface area contributed by atoms with E-state index in [1.165, 1.54) is 11.1 Å². The van der Waals surface area contributed by atoms with Crippen molar-refractivity contribution in [3.63, 3.8) is 0 Å².